The van der Waals surface area contributed by atoms with Crippen molar-refractivity contribution in [3.8, 4) is 0 Å². The van der Waals surface area contributed by atoms with Crippen molar-refractivity contribution in [3.05, 3.63) is 41.0 Å². The summed E-state index contributed by atoms with van der Waals surface area (Å²) in [5, 5.41) is 6.68. The molecule has 7 heteroatoms. The second kappa shape index (κ2) is 8.40. The molecule has 0 aliphatic carbocycles. The Bertz CT molecular complexity index is 723. The first-order valence-corrected chi connectivity index (χ1v) is 9.24. The maximum absolute atomic E-state index is 5.90. The highest BCUT2D eigenvalue weighted by Gasteiger charge is 2.26. The normalized spacial score (nSPS) is 16.8. The van der Waals surface area contributed by atoms with Gasteiger partial charge in [-0.05, 0) is 58.8 Å². The van der Waals surface area contributed by atoms with Gasteiger partial charge < -0.3 is 19.5 Å². The molecule has 3 heterocycles. The molecule has 1 fully saturated rings. The quantitative estimate of drug-likeness (QED) is 0.610. The Morgan fingerprint density at radius 3 is 2.54 bits per heavy atom. The predicted molar refractivity (Wildman–Crippen MR) is 101 cm³/mol. The summed E-state index contributed by atoms with van der Waals surface area (Å²) in [5.41, 5.74) is 0.923. The van der Waals surface area contributed by atoms with Crippen molar-refractivity contribution >= 4 is 5.96 Å². The second-order valence-electron chi connectivity index (χ2n) is 6.76. The van der Waals surface area contributed by atoms with Crippen LogP contribution in [0.1, 0.15) is 47.7 Å². The average molecular weight is 359 g/mol. The highest BCUT2D eigenvalue weighted by Crippen LogP contribution is 2.26. The summed E-state index contributed by atoms with van der Waals surface area (Å²) in [6, 6.07) is 4.31. The molecule has 142 valence electrons. The third-order valence-corrected chi connectivity index (χ3v) is 4.84. The van der Waals surface area contributed by atoms with Crippen LogP contribution in [0.15, 0.2) is 26.0 Å². The smallest absolute Gasteiger partial charge is 0.214 e. The van der Waals surface area contributed by atoms with Gasteiger partial charge in [0.15, 0.2) is 5.96 Å². The predicted octanol–water partition coefficient (Wildman–Crippen LogP) is 2.69. The minimum absolute atomic E-state index is 0.205. The zero-order valence-corrected chi connectivity index (χ0v) is 16.1. The third-order valence-electron chi connectivity index (χ3n) is 4.84. The minimum atomic E-state index is 0.205. The number of aromatic nitrogens is 1. The van der Waals surface area contributed by atoms with Gasteiger partial charge in [-0.15, -0.1) is 0 Å². The van der Waals surface area contributed by atoms with Crippen LogP contribution in [0.2, 0.25) is 0 Å². The van der Waals surface area contributed by atoms with Gasteiger partial charge in [-0.2, -0.15) is 0 Å². The number of nitrogens with one attached hydrogen (secondary N) is 2. The molecule has 1 unspecified atom stereocenters. The zero-order chi connectivity index (χ0) is 18.5. The van der Waals surface area contributed by atoms with Crippen LogP contribution in [-0.2, 0) is 6.54 Å². The van der Waals surface area contributed by atoms with Crippen LogP contribution in [0.25, 0.3) is 0 Å². The molecule has 0 saturated carbocycles. The topological polar surface area (TPSA) is 78.8 Å². The summed E-state index contributed by atoms with van der Waals surface area (Å²) in [6.07, 6.45) is 2.48. The lowest BCUT2D eigenvalue weighted by atomic mass is 10.2. The molecule has 1 atom stereocenters. The Kier molecular flexibility index (Phi) is 5.98. The highest BCUT2D eigenvalue weighted by molar-refractivity contribution is 5.79. The van der Waals surface area contributed by atoms with E-state index in [1.807, 2.05) is 26.8 Å². The van der Waals surface area contributed by atoms with Gasteiger partial charge in [0.1, 0.15) is 17.3 Å². The van der Waals surface area contributed by atoms with Crippen LogP contribution < -0.4 is 10.6 Å². The van der Waals surface area contributed by atoms with Gasteiger partial charge in [0, 0.05) is 13.6 Å². The monoisotopic (exact) mass is 359 g/mol. The Morgan fingerprint density at radius 1 is 1.19 bits per heavy atom. The lowest BCUT2D eigenvalue weighted by Crippen LogP contribution is -2.42. The number of aliphatic imine (C=N–C) groups is 1. The number of nitrogens with zero attached hydrogens (tertiary/aromatic N) is 3. The van der Waals surface area contributed by atoms with Gasteiger partial charge in [-0.1, -0.05) is 0 Å². The molecule has 0 radical (unpaired) electrons. The molecule has 26 heavy (non-hydrogen) atoms. The third kappa shape index (κ3) is 4.46. The van der Waals surface area contributed by atoms with Crippen molar-refractivity contribution in [1.82, 2.24) is 20.5 Å². The van der Waals surface area contributed by atoms with Crippen LogP contribution >= 0.6 is 0 Å². The summed E-state index contributed by atoms with van der Waals surface area (Å²) in [6.45, 7) is 9.30. The molecule has 0 amide bonds. The van der Waals surface area contributed by atoms with E-state index < -0.39 is 0 Å². The maximum Gasteiger partial charge on any atom is 0.214 e. The first kappa shape index (κ1) is 18.5. The van der Waals surface area contributed by atoms with Crippen LogP contribution in [-0.4, -0.2) is 42.5 Å². The molecule has 0 bridgehead atoms. The van der Waals surface area contributed by atoms with Crippen molar-refractivity contribution in [2.75, 3.05) is 26.7 Å². The summed E-state index contributed by atoms with van der Waals surface area (Å²) in [7, 11) is 1.77. The molecular weight excluding hydrogens is 330 g/mol. The summed E-state index contributed by atoms with van der Waals surface area (Å²) < 4.78 is 11.5. The minimum Gasteiger partial charge on any atom is -0.465 e. The van der Waals surface area contributed by atoms with E-state index in [0.717, 1.165) is 48.6 Å². The molecule has 0 spiro atoms. The maximum atomic E-state index is 5.90. The van der Waals surface area contributed by atoms with Crippen molar-refractivity contribution in [1.29, 1.82) is 0 Å². The van der Waals surface area contributed by atoms with Crippen LogP contribution in [0.4, 0.5) is 0 Å². The Morgan fingerprint density at radius 2 is 1.96 bits per heavy atom. The second-order valence-corrected chi connectivity index (χ2v) is 6.76. The SMILES string of the molecule is CN=C(NCc1nc(C)c(C)o1)NCC(c1ccc(C)o1)N1CCCC1. The van der Waals surface area contributed by atoms with Gasteiger partial charge in [0.05, 0.1) is 18.3 Å². The van der Waals surface area contributed by atoms with Crippen molar-refractivity contribution < 1.29 is 8.83 Å². The van der Waals surface area contributed by atoms with Gasteiger partial charge in [0.25, 0.3) is 0 Å². The molecule has 2 aromatic rings. The van der Waals surface area contributed by atoms with Crippen molar-refractivity contribution in [2.45, 2.75) is 46.2 Å². The first-order valence-electron chi connectivity index (χ1n) is 9.24. The van der Waals surface area contributed by atoms with Gasteiger partial charge in [0.2, 0.25) is 5.89 Å². The van der Waals surface area contributed by atoms with E-state index in [1.165, 1.54) is 12.8 Å². The summed E-state index contributed by atoms with van der Waals surface area (Å²) in [4.78, 5) is 11.2. The average Bonchev–Trinajstić information content (AvgIpc) is 3.35. The molecule has 1 aliphatic rings. The molecule has 3 rings (SSSR count). The Labute approximate surface area is 154 Å². The number of furan rings is 1. The standard InChI is InChI=1S/C19H29N5O2/c1-13-7-8-17(25-13)16(24-9-5-6-10-24)11-21-19(20-4)22-12-18-23-14(2)15(3)26-18/h7-8,16H,5-6,9-12H2,1-4H3,(H2,20,21,22). The molecule has 0 aromatic carbocycles. The molecule has 1 saturated heterocycles. The number of guanidine groups is 1. The van der Waals surface area contributed by atoms with E-state index in [4.69, 9.17) is 8.83 Å². The number of hydrogen-bond acceptors (Lipinski definition) is 5. The summed E-state index contributed by atoms with van der Waals surface area (Å²) in [5.74, 6) is 4.20. The Balaban J connectivity index is 1.59. The Hall–Kier alpha value is -2.28. The van der Waals surface area contributed by atoms with Gasteiger partial charge in [-0.3, -0.25) is 9.89 Å². The molecular formula is C19H29N5O2. The van der Waals surface area contributed by atoms with E-state index in [-0.39, 0.29) is 6.04 Å². The largest absolute Gasteiger partial charge is 0.465 e. The fourth-order valence-corrected chi connectivity index (χ4v) is 3.28. The first-order chi connectivity index (χ1) is 12.6. The summed E-state index contributed by atoms with van der Waals surface area (Å²) >= 11 is 0. The fraction of sp³-hybridized carbons (Fsp3) is 0.579. The number of likely N-dealkylation sites (tertiary alicyclic amines) is 1. The van der Waals surface area contributed by atoms with Crippen LogP contribution in [0, 0.1) is 20.8 Å². The number of oxazole rings is 1. The molecule has 1 aliphatic heterocycles. The van der Waals surface area contributed by atoms with Gasteiger partial charge >= 0.3 is 0 Å². The lowest BCUT2D eigenvalue weighted by Gasteiger charge is -2.26. The highest BCUT2D eigenvalue weighted by atomic mass is 16.4. The number of aryl methyl sites for hydroxylation is 3. The van der Waals surface area contributed by atoms with E-state index >= 15 is 0 Å². The van der Waals surface area contributed by atoms with E-state index in [0.29, 0.717) is 12.4 Å². The van der Waals surface area contributed by atoms with Crippen molar-refractivity contribution in [2.24, 2.45) is 4.99 Å². The fourth-order valence-electron chi connectivity index (χ4n) is 3.28. The number of hydrogen-bond donors (Lipinski definition) is 2. The van der Waals surface area contributed by atoms with E-state index in [2.05, 4.69) is 31.6 Å². The molecule has 2 N–H and O–H groups in total. The zero-order valence-electron chi connectivity index (χ0n) is 16.1. The van der Waals surface area contributed by atoms with Gasteiger partial charge in [-0.25, -0.2) is 4.98 Å². The van der Waals surface area contributed by atoms with E-state index in [1.54, 1.807) is 7.05 Å². The number of rotatable bonds is 6. The molecule has 7 nitrogen and oxygen atoms in total. The van der Waals surface area contributed by atoms with Crippen LogP contribution in [0.5, 0.6) is 0 Å². The lowest BCUT2D eigenvalue weighted by molar-refractivity contribution is 0.213. The molecule has 2 aromatic heterocycles. The van der Waals surface area contributed by atoms with E-state index in [9.17, 15) is 0 Å². The van der Waals surface area contributed by atoms with Crippen LogP contribution in [0.3, 0.4) is 0 Å². The van der Waals surface area contributed by atoms with Crippen molar-refractivity contribution in [3.63, 3.8) is 0 Å².